The number of hydrogen-bond donors (Lipinski definition) is 0. The summed E-state index contributed by atoms with van der Waals surface area (Å²) in [7, 11) is 0. The van der Waals surface area contributed by atoms with Crippen LogP contribution in [-0.2, 0) is 4.74 Å². The molecule has 2 heterocycles. The second-order valence-corrected chi connectivity index (χ2v) is 6.77. The van der Waals surface area contributed by atoms with Crippen molar-refractivity contribution >= 4 is 33.7 Å². The number of carbonyl (C=O) groups is 2. The first-order chi connectivity index (χ1) is 13.9. The largest absolute Gasteiger partial charge is 0.462 e. The lowest BCUT2D eigenvalue weighted by Crippen LogP contribution is -2.14. The molecule has 0 bridgehead atoms. The summed E-state index contributed by atoms with van der Waals surface area (Å²) in [4.78, 5) is 37.9. The minimum atomic E-state index is -0.521. The van der Waals surface area contributed by atoms with Crippen molar-refractivity contribution in [2.24, 2.45) is 0 Å². The van der Waals surface area contributed by atoms with E-state index < -0.39 is 11.6 Å². The molecule has 0 amide bonds. The first-order valence-corrected chi connectivity index (χ1v) is 9.29. The molecule has 146 valence electrons. The average molecular weight is 389 g/mol. The van der Waals surface area contributed by atoms with Gasteiger partial charge in [-0.15, -0.1) is 0 Å². The van der Waals surface area contributed by atoms with Gasteiger partial charge in [0, 0.05) is 28.1 Å². The maximum Gasteiger partial charge on any atom is 0.340 e. The van der Waals surface area contributed by atoms with Gasteiger partial charge in [0.1, 0.15) is 5.58 Å². The van der Waals surface area contributed by atoms with Crippen molar-refractivity contribution in [1.82, 2.24) is 4.57 Å². The Bertz CT molecular complexity index is 1330. The molecule has 0 aliphatic rings. The van der Waals surface area contributed by atoms with Crippen LogP contribution in [0.25, 0.3) is 21.9 Å². The molecule has 6 nitrogen and oxygen atoms in total. The number of rotatable bonds is 3. The molecular weight excluding hydrogens is 370 g/mol. The van der Waals surface area contributed by atoms with Gasteiger partial charge in [-0.1, -0.05) is 18.2 Å². The van der Waals surface area contributed by atoms with Crippen molar-refractivity contribution in [3.05, 3.63) is 81.3 Å². The van der Waals surface area contributed by atoms with Gasteiger partial charge in [-0.05, 0) is 50.6 Å². The summed E-state index contributed by atoms with van der Waals surface area (Å²) in [5, 5.41) is 1.16. The lowest BCUT2D eigenvalue weighted by atomic mass is 10.0. The summed E-state index contributed by atoms with van der Waals surface area (Å²) in [6.07, 6.45) is 0. The molecule has 0 spiro atoms. The van der Waals surface area contributed by atoms with Gasteiger partial charge in [0.2, 0.25) is 0 Å². The summed E-state index contributed by atoms with van der Waals surface area (Å²) >= 11 is 0. The second-order valence-electron chi connectivity index (χ2n) is 6.77. The molecule has 0 aliphatic heterocycles. The van der Waals surface area contributed by atoms with E-state index in [-0.39, 0.29) is 12.5 Å². The molecular formula is C23H19NO5. The number of nitrogens with zero attached hydrogens (tertiary/aromatic N) is 1. The number of carbonyl (C=O) groups excluding carboxylic acids is 2. The van der Waals surface area contributed by atoms with E-state index in [1.165, 1.54) is 10.6 Å². The molecule has 0 atom stereocenters. The monoisotopic (exact) mass is 389 g/mol. The number of fused-ring (bicyclic) bond motifs is 3. The fourth-order valence-electron chi connectivity index (χ4n) is 3.77. The van der Waals surface area contributed by atoms with Crippen molar-refractivity contribution < 1.29 is 18.7 Å². The Morgan fingerprint density at radius 3 is 2.45 bits per heavy atom. The van der Waals surface area contributed by atoms with Crippen LogP contribution in [0.3, 0.4) is 0 Å². The van der Waals surface area contributed by atoms with E-state index >= 15 is 0 Å². The van der Waals surface area contributed by atoms with Crippen molar-refractivity contribution in [3.8, 4) is 0 Å². The summed E-state index contributed by atoms with van der Waals surface area (Å²) < 4.78 is 12.1. The quantitative estimate of drug-likeness (QED) is 0.387. The average Bonchev–Trinajstić information content (AvgIpc) is 2.99. The van der Waals surface area contributed by atoms with Crippen LogP contribution in [0.2, 0.25) is 0 Å². The fraction of sp³-hybridized carbons (Fsp3) is 0.174. The Morgan fingerprint density at radius 2 is 1.76 bits per heavy atom. The normalized spacial score (nSPS) is 11.1. The van der Waals surface area contributed by atoms with E-state index in [1.54, 1.807) is 57.2 Å². The smallest absolute Gasteiger partial charge is 0.340 e. The highest BCUT2D eigenvalue weighted by Gasteiger charge is 2.27. The molecule has 4 rings (SSSR count). The number of esters is 1. The summed E-state index contributed by atoms with van der Waals surface area (Å²) in [6, 6.07) is 13.6. The van der Waals surface area contributed by atoms with Gasteiger partial charge >= 0.3 is 11.6 Å². The van der Waals surface area contributed by atoms with Gasteiger partial charge in [0.25, 0.3) is 5.91 Å². The van der Waals surface area contributed by atoms with E-state index in [1.807, 2.05) is 6.07 Å². The third-order valence-corrected chi connectivity index (χ3v) is 4.98. The van der Waals surface area contributed by atoms with Gasteiger partial charge in [0.05, 0.1) is 17.7 Å². The fourth-order valence-corrected chi connectivity index (χ4v) is 3.77. The summed E-state index contributed by atoms with van der Waals surface area (Å²) in [6.45, 7) is 5.42. The molecule has 2 aromatic heterocycles. The molecule has 0 saturated carbocycles. The molecule has 0 radical (unpaired) electrons. The topological polar surface area (TPSA) is 78.5 Å². The van der Waals surface area contributed by atoms with Crippen molar-refractivity contribution in [3.63, 3.8) is 0 Å². The van der Waals surface area contributed by atoms with Crippen molar-refractivity contribution in [2.75, 3.05) is 6.61 Å². The zero-order chi connectivity index (χ0) is 20.7. The lowest BCUT2D eigenvalue weighted by Gasteiger charge is -2.08. The van der Waals surface area contributed by atoms with Crippen molar-refractivity contribution in [2.45, 2.75) is 20.8 Å². The summed E-state index contributed by atoms with van der Waals surface area (Å²) in [5.41, 5.74) is 2.39. The highest BCUT2D eigenvalue weighted by molar-refractivity contribution is 6.20. The van der Waals surface area contributed by atoms with Crippen LogP contribution in [0.15, 0.2) is 57.7 Å². The van der Waals surface area contributed by atoms with Crippen LogP contribution in [0.4, 0.5) is 0 Å². The molecule has 29 heavy (non-hydrogen) atoms. The molecule has 0 aliphatic carbocycles. The van der Waals surface area contributed by atoms with E-state index in [9.17, 15) is 14.4 Å². The molecule has 6 heteroatoms. The van der Waals surface area contributed by atoms with E-state index in [4.69, 9.17) is 9.15 Å². The first-order valence-electron chi connectivity index (χ1n) is 9.29. The second kappa shape index (κ2) is 7.05. The van der Waals surface area contributed by atoms with Crippen LogP contribution in [0, 0.1) is 13.8 Å². The Hall–Kier alpha value is -3.67. The highest BCUT2D eigenvalue weighted by Crippen LogP contribution is 2.35. The highest BCUT2D eigenvalue weighted by atomic mass is 16.5. The Morgan fingerprint density at radius 1 is 1.03 bits per heavy atom. The third kappa shape index (κ3) is 2.93. The number of aryl methyl sites for hydroxylation is 1. The zero-order valence-electron chi connectivity index (χ0n) is 16.3. The van der Waals surface area contributed by atoms with E-state index in [2.05, 4.69) is 0 Å². The minimum absolute atomic E-state index is 0.205. The van der Waals surface area contributed by atoms with Crippen molar-refractivity contribution in [1.29, 1.82) is 0 Å². The molecule has 0 N–H and O–H groups in total. The maximum atomic E-state index is 13.3. The van der Waals surface area contributed by atoms with Gasteiger partial charge in [-0.3, -0.25) is 9.36 Å². The first kappa shape index (κ1) is 18.7. The SMILES string of the molecule is CCOC(=O)c1c(C)n(C(=O)c2ccccc2)c2ccc3oc(=O)cc(C)c3c12. The van der Waals surface area contributed by atoms with Gasteiger partial charge in [-0.2, -0.15) is 0 Å². The zero-order valence-corrected chi connectivity index (χ0v) is 16.3. The number of benzene rings is 2. The molecule has 0 unspecified atom stereocenters. The Labute approximate surface area is 166 Å². The van der Waals surface area contributed by atoms with Crippen LogP contribution < -0.4 is 5.63 Å². The summed E-state index contributed by atoms with van der Waals surface area (Å²) in [5.74, 6) is -0.772. The Kier molecular flexibility index (Phi) is 4.54. The number of ether oxygens (including phenoxy) is 1. The predicted molar refractivity (Wildman–Crippen MR) is 110 cm³/mol. The van der Waals surface area contributed by atoms with Gasteiger partial charge in [-0.25, -0.2) is 9.59 Å². The molecule has 0 saturated heterocycles. The Balaban J connectivity index is 2.15. The number of hydrogen-bond acceptors (Lipinski definition) is 5. The van der Waals surface area contributed by atoms with Crippen LogP contribution in [0.1, 0.15) is 38.9 Å². The molecule has 2 aromatic carbocycles. The molecule has 4 aromatic rings. The van der Waals surface area contributed by atoms with Crippen LogP contribution in [-0.4, -0.2) is 23.1 Å². The van der Waals surface area contributed by atoms with E-state index in [0.717, 1.165) is 0 Å². The number of aromatic nitrogens is 1. The standard InChI is InChI=1S/C23H19NO5/c1-4-28-23(27)20-14(3)24(22(26)15-8-6-5-7-9-15)16-10-11-17-19(21(16)20)13(2)12-18(25)29-17/h5-12H,4H2,1-3H3. The minimum Gasteiger partial charge on any atom is -0.462 e. The van der Waals surface area contributed by atoms with Gasteiger partial charge in [0.15, 0.2) is 0 Å². The van der Waals surface area contributed by atoms with Gasteiger partial charge < -0.3 is 9.15 Å². The van der Waals surface area contributed by atoms with Crippen LogP contribution in [0.5, 0.6) is 0 Å². The van der Waals surface area contributed by atoms with Crippen LogP contribution >= 0.6 is 0 Å². The molecule has 0 fully saturated rings. The lowest BCUT2D eigenvalue weighted by molar-refractivity contribution is 0.0528. The maximum absolute atomic E-state index is 13.3. The third-order valence-electron chi connectivity index (χ3n) is 4.98. The predicted octanol–water partition coefficient (Wildman–Crippen LogP) is 4.23. The van der Waals surface area contributed by atoms with E-state index in [0.29, 0.717) is 44.3 Å².